The molecule has 6 heteroatoms. The summed E-state index contributed by atoms with van der Waals surface area (Å²) in [6.45, 7) is 0. The minimum atomic E-state index is 0.519. The highest BCUT2D eigenvalue weighted by Crippen LogP contribution is 2.46. The summed E-state index contributed by atoms with van der Waals surface area (Å²) in [6, 6.07) is 58.1. The monoisotopic (exact) mass is 714 g/mol. The van der Waals surface area contributed by atoms with Crippen molar-refractivity contribution >= 4 is 87.5 Å². The fraction of sp³-hybridized carbons (Fsp3) is 0. The largest absolute Gasteiger partial charge is 0.456 e. The van der Waals surface area contributed by atoms with Crippen molar-refractivity contribution < 1.29 is 8.83 Å². The van der Waals surface area contributed by atoms with Crippen LogP contribution in [0.15, 0.2) is 167 Å². The average Bonchev–Trinajstić information content (AvgIpc) is 4.00. The molecule has 0 spiro atoms. The summed E-state index contributed by atoms with van der Waals surface area (Å²) in [7, 11) is 0. The van der Waals surface area contributed by atoms with E-state index in [2.05, 4.69) is 106 Å². The van der Waals surface area contributed by atoms with Gasteiger partial charge in [0.1, 0.15) is 22.3 Å². The summed E-state index contributed by atoms with van der Waals surface area (Å²) in [4.78, 5) is 0. The van der Waals surface area contributed by atoms with E-state index in [9.17, 15) is 10.5 Å². The Morgan fingerprint density at radius 3 is 1.55 bits per heavy atom. The third-order valence-corrected chi connectivity index (χ3v) is 11.4. The highest BCUT2D eigenvalue weighted by atomic mass is 16.3. The van der Waals surface area contributed by atoms with E-state index in [1.165, 1.54) is 0 Å². The summed E-state index contributed by atoms with van der Waals surface area (Å²) in [6.07, 6.45) is 0. The van der Waals surface area contributed by atoms with Crippen LogP contribution in [-0.4, -0.2) is 9.13 Å². The summed E-state index contributed by atoms with van der Waals surface area (Å²) >= 11 is 0. The predicted molar refractivity (Wildman–Crippen MR) is 225 cm³/mol. The van der Waals surface area contributed by atoms with Crippen LogP contribution in [0.4, 0.5) is 0 Å². The highest BCUT2D eigenvalue weighted by Gasteiger charge is 2.25. The maximum atomic E-state index is 10.4. The van der Waals surface area contributed by atoms with Crippen molar-refractivity contribution in [1.29, 1.82) is 10.5 Å². The summed E-state index contributed by atoms with van der Waals surface area (Å²) in [5.74, 6) is 0. The molecule has 0 radical (unpaired) electrons. The molecule has 0 aliphatic heterocycles. The maximum absolute atomic E-state index is 10.4. The molecule has 56 heavy (non-hydrogen) atoms. The van der Waals surface area contributed by atoms with Gasteiger partial charge in [-0.1, -0.05) is 72.8 Å². The molecule has 0 amide bonds. The Morgan fingerprint density at radius 1 is 0.375 bits per heavy atom. The summed E-state index contributed by atoms with van der Waals surface area (Å²) in [5, 5.41) is 29.3. The number of nitriles is 2. The van der Waals surface area contributed by atoms with Crippen LogP contribution in [0.25, 0.3) is 110 Å². The molecule has 6 nitrogen and oxygen atoms in total. The lowest BCUT2D eigenvalue weighted by molar-refractivity contribution is 0.669. The fourth-order valence-corrected chi connectivity index (χ4v) is 9.08. The smallest absolute Gasteiger partial charge is 0.137 e. The number of para-hydroxylation sites is 4. The Balaban J connectivity index is 1.24. The van der Waals surface area contributed by atoms with Crippen molar-refractivity contribution in [3.63, 3.8) is 0 Å². The number of rotatable bonds is 3. The van der Waals surface area contributed by atoms with Crippen molar-refractivity contribution in [3.05, 3.63) is 169 Å². The van der Waals surface area contributed by atoms with Gasteiger partial charge in [-0.15, -0.1) is 0 Å². The van der Waals surface area contributed by atoms with Crippen molar-refractivity contribution in [1.82, 2.24) is 9.13 Å². The van der Waals surface area contributed by atoms with Crippen LogP contribution in [-0.2, 0) is 0 Å². The quantitative estimate of drug-likeness (QED) is 0.182. The molecular weight excluding hydrogens is 689 g/mol. The Hall–Kier alpha value is -8.06. The Kier molecular flexibility index (Phi) is 6.10. The number of hydrogen-bond acceptors (Lipinski definition) is 4. The number of hydrogen-bond donors (Lipinski definition) is 0. The van der Waals surface area contributed by atoms with Crippen LogP contribution < -0.4 is 0 Å². The highest BCUT2D eigenvalue weighted by molar-refractivity contribution is 6.28. The lowest BCUT2D eigenvalue weighted by Crippen LogP contribution is -2.02. The van der Waals surface area contributed by atoms with Gasteiger partial charge in [-0.05, 0) is 84.9 Å². The first-order valence-corrected chi connectivity index (χ1v) is 18.5. The molecule has 0 fully saturated rings. The van der Waals surface area contributed by atoms with Crippen LogP contribution in [0, 0.1) is 22.7 Å². The predicted octanol–water partition coefficient (Wildman–Crippen LogP) is 13.1. The number of furan rings is 2. The van der Waals surface area contributed by atoms with Crippen LogP contribution in [0.1, 0.15) is 11.1 Å². The fourth-order valence-electron chi connectivity index (χ4n) is 9.08. The second-order valence-electron chi connectivity index (χ2n) is 14.3. The van der Waals surface area contributed by atoms with E-state index in [0.29, 0.717) is 11.1 Å². The first-order valence-electron chi connectivity index (χ1n) is 18.5. The van der Waals surface area contributed by atoms with E-state index >= 15 is 0 Å². The molecule has 8 aromatic carbocycles. The molecule has 0 saturated heterocycles. The molecule has 12 aromatic rings. The number of nitrogens with zero attached hydrogens (tertiary/aromatic N) is 4. The summed E-state index contributed by atoms with van der Waals surface area (Å²) < 4.78 is 17.4. The lowest BCUT2D eigenvalue weighted by Gasteiger charge is -2.19. The van der Waals surface area contributed by atoms with Crippen LogP contribution in [0.5, 0.6) is 0 Å². The van der Waals surface area contributed by atoms with Gasteiger partial charge in [0.05, 0.1) is 62.1 Å². The van der Waals surface area contributed by atoms with Crippen LogP contribution >= 0.6 is 0 Å². The van der Waals surface area contributed by atoms with Gasteiger partial charge in [-0.2, -0.15) is 10.5 Å². The second-order valence-corrected chi connectivity index (χ2v) is 14.3. The molecule has 0 saturated carbocycles. The zero-order valence-electron chi connectivity index (χ0n) is 29.6. The first-order chi connectivity index (χ1) is 27.7. The Bertz CT molecular complexity index is 3750. The van der Waals surface area contributed by atoms with Gasteiger partial charge >= 0.3 is 0 Å². The molecule has 12 rings (SSSR count). The normalized spacial score (nSPS) is 11.9. The topological polar surface area (TPSA) is 83.7 Å². The van der Waals surface area contributed by atoms with Gasteiger partial charge in [0.2, 0.25) is 0 Å². The number of benzene rings is 8. The van der Waals surface area contributed by atoms with E-state index in [-0.39, 0.29) is 0 Å². The van der Waals surface area contributed by atoms with Gasteiger partial charge in [-0.3, -0.25) is 0 Å². The molecule has 0 aliphatic carbocycles. The zero-order chi connectivity index (χ0) is 37.1. The van der Waals surface area contributed by atoms with Gasteiger partial charge < -0.3 is 18.0 Å². The average molecular weight is 715 g/mol. The first kappa shape index (κ1) is 30.4. The van der Waals surface area contributed by atoms with E-state index in [0.717, 1.165) is 110 Å². The lowest BCUT2D eigenvalue weighted by atomic mass is 9.96. The van der Waals surface area contributed by atoms with Crippen molar-refractivity contribution in [2.24, 2.45) is 0 Å². The number of fused-ring (bicyclic) bond motifs is 14. The van der Waals surface area contributed by atoms with Crippen molar-refractivity contribution in [3.8, 4) is 34.6 Å². The molecule has 258 valence electrons. The van der Waals surface area contributed by atoms with Gasteiger partial charge in [0, 0.05) is 48.8 Å². The molecule has 0 unspecified atom stereocenters. The summed E-state index contributed by atoms with van der Waals surface area (Å²) in [5.41, 5.74) is 11.8. The Labute approximate surface area is 318 Å². The van der Waals surface area contributed by atoms with Gasteiger partial charge in [-0.25, -0.2) is 0 Å². The van der Waals surface area contributed by atoms with Crippen LogP contribution in [0.2, 0.25) is 0 Å². The minimum Gasteiger partial charge on any atom is -0.456 e. The van der Waals surface area contributed by atoms with Gasteiger partial charge in [0.25, 0.3) is 0 Å². The minimum absolute atomic E-state index is 0.519. The zero-order valence-corrected chi connectivity index (χ0v) is 29.6. The SMILES string of the molecule is N#Cc1ccc(-n2c3ccccc3c3c4c(ccc32)oc2ccccc24)c(-c2cc(C#N)ccc2-n2c3ccccc3c3ccc4oc5ccccc5c4c32)c1. The van der Waals surface area contributed by atoms with Crippen molar-refractivity contribution in [2.45, 2.75) is 0 Å². The van der Waals surface area contributed by atoms with E-state index in [1.807, 2.05) is 72.8 Å². The van der Waals surface area contributed by atoms with Crippen LogP contribution in [0.3, 0.4) is 0 Å². The van der Waals surface area contributed by atoms with Gasteiger partial charge in [0.15, 0.2) is 0 Å². The molecule has 0 bridgehead atoms. The second kappa shape index (κ2) is 11.2. The molecule has 4 aromatic heterocycles. The standard InChI is InChI=1S/C50H26N4O2/c51-27-29-17-20-40(53-39-14-6-2-10-33(39)47-42(53)22-24-45-48(47)34-11-3-7-15-43(34)55-45)36(25-29)37-26-30(28-52)18-21-41(37)54-38-13-5-1-9-31(38)32-19-23-46-49(50(32)54)35-12-4-8-16-44(35)56-46/h1-26H. The Morgan fingerprint density at radius 2 is 0.893 bits per heavy atom. The van der Waals surface area contributed by atoms with E-state index in [4.69, 9.17) is 8.83 Å². The molecule has 0 aliphatic rings. The number of aromatic nitrogens is 2. The molecule has 0 N–H and O–H groups in total. The van der Waals surface area contributed by atoms with Crippen molar-refractivity contribution in [2.75, 3.05) is 0 Å². The van der Waals surface area contributed by atoms with E-state index < -0.39 is 0 Å². The molecular formula is C50H26N4O2. The third-order valence-electron chi connectivity index (χ3n) is 11.4. The maximum Gasteiger partial charge on any atom is 0.137 e. The molecule has 4 heterocycles. The third kappa shape index (κ3) is 4.02. The molecule has 0 atom stereocenters. The van der Waals surface area contributed by atoms with E-state index in [1.54, 1.807) is 0 Å².